The summed E-state index contributed by atoms with van der Waals surface area (Å²) in [6, 6.07) is 0.650. The summed E-state index contributed by atoms with van der Waals surface area (Å²) in [4.78, 5) is 0. The van der Waals surface area contributed by atoms with Crippen molar-refractivity contribution in [1.29, 1.82) is 0 Å². The number of hydrogen-bond acceptors (Lipinski definition) is 2. The molecule has 0 bridgehead atoms. The fraction of sp³-hybridized carbons (Fsp3) is 1.00. The molecule has 2 unspecified atom stereocenters. The molecule has 2 atom stereocenters. The van der Waals surface area contributed by atoms with Crippen LogP contribution < -0.4 is 5.32 Å². The van der Waals surface area contributed by atoms with Crippen molar-refractivity contribution in [3.63, 3.8) is 0 Å². The molecule has 1 aliphatic heterocycles. The van der Waals surface area contributed by atoms with Gasteiger partial charge in [0.25, 0.3) is 0 Å². The second-order valence-electron chi connectivity index (χ2n) is 5.02. The highest BCUT2D eigenvalue weighted by Crippen LogP contribution is 2.13. The summed E-state index contributed by atoms with van der Waals surface area (Å²) in [5, 5.41) is 3.60. The van der Waals surface area contributed by atoms with E-state index in [4.69, 9.17) is 4.74 Å². The second kappa shape index (κ2) is 6.41. The van der Waals surface area contributed by atoms with Crippen molar-refractivity contribution in [3.8, 4) is 0 Å². The SMILES string of the molecule is CC(C)CC(C)NCC1CCCOC1. The normalized spacial score (nSPS) is 25.3. The minimum atomic E-state index is 0.650. The molecule has 0 aromatic carbocycles. The molecule has 0 aromatic heterocycles. The predicted octanol–water partition coefficient (Wildman–Crippen LogP) is 2.44. The molecule has 1 N–H and O–H groups in total. The summed E-state index contributed by atoms with van der Waals surface area (Å²) in [6.45, 7) is 9.90. The molecule has 84 valence electrons. The van der Waals surface area contributed by atoms with Gasteiger partial charge in [-0.3, -0.25) is 0 Å². The first-order valence-electron chi connectivity index (χ1n) is 5.99. The lowest BCUT2D eigenvalue weighted by molar-refractivity contribution is 0.0538. The molecule has 2 nitrogen and oxygen atoms in total. The Morgan fingerprint density at radius 2 is 2.14 bits per heavy atom. The Balaban J connectivity index is 2.06. The average molecular weight is 199 g/mol. The van der Waals surface area contributed by atoms with Gasteiger partial charge in [0.1, 0.15) is 0 Å². The van der Waals surface area contributed by atoms with E-state index in [0.29, 0.717) is 6.04 Å². The first-order chi connectivity index (χ1) is 6.68. The zero-order chi connectivity index (χ0) is 10.4. The van der Waals surface area contributed by atoms with Crippen molar-refractivity contribution < 1.29 is 4.74 Å². The molecule has 1 heterocycles. The summed E-state index contributed by atoms with van der Waals surface area (Å²) in [7, 11) is 0. The third-order valence-electron chi connectivity index (χ3n) is 2.83. The lowest BCUT2D eigenvalue weighted by atomic mass is 10.0. The van der Waals surface area contributed by atoms with Gasteiger partial charge in [0.05, 0.1) is 6.61 Å². The maximum atomic E-state index is 5.46. The summed E-state index contributed by atoms with van der Waals surface area (Å²) in [5.41, 5.74) is 0. The van der Waals surface area contributed by atoms with Gasteiger partial charge in [-0.2, -0.15) is 0 Å². The number of ether oxygens (including phenoxy) is 1. The topological polar surface area (TPSA) is 21.3 Å². The molecule has 0 amide bonds. The molecule has 1 rings (SSSR count). The quantitative estimate of drug-likeness (QED) is 0.734. The van der Waals surface area contributed by atoms with Gasteiger partial charge in [-0.05, 0) is 38.0 Å². The van der Waals surface area contributed by atoms with E-state index in [1.165, 1.54) is 19.3 Å². The zero-order valence-corrected chi connectivity index (χ0v) is 9.88. The molecule has 14 heavy (non-hydrogen) atoms. The summed E-state index contributed by atoms with van der Waals surface area (Å²) in [6.07, 6.45) is 3.85. The van der Waals surface area contributed by atoms with Gasteiger partial charge in [-0.1, -0.05) is 13.8 Å². The standard InChI is InChI=1S/C12H25NO/c1-10(2)7-11(3)13-8-12-5-4-6-14-9-12/h10-13H,4-9H2,1-3H3. The first-order valence-corrected chi connectivity index (χ1v) is 5.99. The number of hydrogen-bond donors (Lipinski definition) is 1. The van der Waals surface area contributed by atoms with E-state index in [-0.39, 0.29) is 0 Å². The number of nitrogens with one attached hydrogen (secondary N) is 1. The van der Waals surface area contributed by atoms with Crippen LogP contribution in [-0.2, 0) is 4.74 Å². The average Bonchev–Trinajstić information content (AvgIpc) is 2.15. The Hall–Kier alpha value is -0.0800. The van der Waals surface area contributed by atoms with Crippen LogP contribution in [-0.4, -0.2) is 25.8 Å². The fourth-order valence-corrected chi connectivity index (χ4v) is 2.13. The van der Waals surface area contributed by atoms with E-state index in [1.54, 1.807) is 0 Å². The summed E-state index contributed by atoms with van der Waals surface area (Å²) >= 11 is 0. The van der Waals surface area contributed by atoms with Gasteiger partial charge in [0, 0.05) is 19.2 Å². The highest BCUT2D eigenvalue weighted by Gasteiger charge is 2.14. The van der Waals surface area contributed by atoms with Crippen LogP contribution in [0.4, 0.5) is 0 Å². The summed E-state index contributed by atoms with van der Waals surface area (Å²) < 4.78 is 5.46. The minimum absolute atomic E-state index is 0.650. The van der Waals surface area contributed by atoms with Crippen molar-refractivity contribution >= 4 is 0 Å². The van der Waals surface area contributed by atoms with E-state index >= 15 is 0 Å². The minimum Gasteiger partial charge on any atom is -0.381 e. The van der Waals surface area contributed by atoms with E-state index in [1.807, 2.05) is 0 Å². The van der Waals surface area contributed by atoms with Crippen molar-refractivity contribution in [3.05, 3.63) is 0 Å². The lowest BCUT2D eigenvalue weighted by Gasteiger charge is -2.24. The Kier molecular flexibility index (Phi) is 5.49. The maximum absolute atomic E-state index is 5.46. The molecule has 2 heteroatoms. The van der Waals surface area contributed by atoms with Gasteiger partial charge in [-0.25, -0.2) is 0 Å². The molecule has 0 spiro atoms. The van der Waals surface area contributed by atoms with Crippen molar-refractivity contribution in [2.45, 2.75) is 46.1 Å². The zero-order valence-electron chi connectivity index (χ0n) is 9.88. The van der Waals surface area contributed by atoms with Crippen LogP contribution in [0, 0.1) is 11.8 Å². The van der Waals surface area contributed by atoms with Crippen LogP contribution in [0.5, 0.6) is 0 Å². The molecule has 0 radical (unpaired) electrons. The van der Waals surface area contributed by atoms with Crippen LogP contribution in [0.1, 0.15) is 40.0 Å². The highest BCUT2D eigenvalue weighted by molar-refractivity contribution is 4.69. The molecule has 0 aromatic rings. The lowest BCUT2D eigenvalue weighted by Crippen LogP contribution is -2.35. The van der Waals surface area contributed by atoms with Crippen LogP contribution >= 0.6 is 0 Å². The van der Waals surface area contributed by atoms with Crippen molar-refractivity contribution in [2.24, 2.45) is 11.8 Å². The van der Waals surface area contributed by atoms with Gasteiger partial charge in [0.2, 0.25) is 0 Å². The molecule has 1 fully saturated rings. The second-order valence-corrected chi connectivity index (χ2v) is 5.02. The molecular formula is C12H25NO. The third kappa shape index (κ3) is 4.97. The predicted molar refractivity (Wildman–Crippen MR) is 60.5 cm³/mol. The van der Waals surface area contributed by atoms with Crippen molar-refractivity contribution in [2.75, 3.05) is 19.8 Å². The Morgan fingerprint density at radius 1 is 1.36 bits per heavy atom. The van der Waals surface area contributed by atoms with Gasteiger partial charge >= 0.3 is 0 Å². The van der Waals surface area contributed by atoms with Crippen LogP contribution in [0.3, 0.4) is 0 Å². The van der Waals surface area contributed by atoms with E-state index in [9.17, 15) is 0 Å². The fourth-order valence-electron chi connectivity index (χ4n) is 2.13. The molecule has 0 saturated carbocycles. The Morgan fingerprint density at radius 3 is 2.71 bits per heavy atom. The smallest absolute Gasteiger partial charge is 0.0506 e. The Bertz CT molecular complexity index is 141. The first kappa shape index (κ1) is 12.0. The third-order valence-corrected chi connectivity index (χ3v) is 2.83. The van der Waals surface area contributed by atoms with Crippen LogP contribution in [0.2, 0.25) is 0 Å². The molecule has 0 aliphatic carbocycles. The van der Waals surface area contributed by atoms with Gasteiger partial charge < -0.3 is 10.1 Å². The molecule has 1 aliphatic rings. The van der Waals surface area contributed by atoms with Gasteiger partial charge in [0.15, 0.2) is 0 Å². The van der Waals surface area contributed by atoms with Crippen LogP contribution in [0.25, 0.3) is 0 Å². The van der Waals surface area contributed by atoms with E-state index in [0.717, 1.165) is 31.6 Å². The monoisotopic (exact) mass is 199 g/mol. The van der Waals surface area contributed by atoms with Crippen LogP contribution in [0.15, 0.2) is 0 Å². The van der Waals surface area contributed by atoms with Gasteiger partial charge in [-0.15, -0.1) is 0 Å². The summed E-state index contributed by atoms with van der Waals surface area (Å²) in [5.74, 6) is 1.54. The van der Waals surface area contributed by atoms with Crippen molar-refractivity contribution in [1.82, 2.24) is 5.32 Å². The van der Waals surface area contributed by atoms with E-state index < -0.39 is 0 Å². The molecular weight excluding hydrogens is 174 g/mol. The molecule has 1 saturated heterocycles. The largest absolute Gasteiger partial charge is 0.381 e. The van der Waals surface area contributed by atoms with E-state index in [2.05, 4.69) is 26.1 Å². The Labute approximate surface area is 88.4 Å². The number of rotatable bonds is 5. The maximum Gasteiger partial charge on any atom is 0.0506 e. The highest BCUT2D eigenvalue weighted by atomic mass is 16.5.